The Kier molecular flexibility index (Phi) is 4.95. The highest BCUT2D eigenvalue weighted by Gasteiger charge is 2.42. The number of rotatable bonds is 4. The Morgan fingerprint density at radius 1 is 1.14 bits per heavy atom. The Morgan fingerprint density at radius 3 is 2.38 bits per heavy atom. The number of nitriles is 2. The van der Waals surface area contributed by atoms with Crippen LogP contribution in [0.25, 0.3) is 0 Å². The summed E-state index contributed by atoms with van der Waals surface area (Å²) in [6.45, 7) is 0.336. The van der Waals surface area contributed by atoms with E-state index in [4.69, 9.17) is 5.26 Å². The van der Waals surface area contributed by atoms with E-state index in [0.717, 1.165) is 24.9 Å². The molecule has 0 N–H and O–H groups in total. The fourth-order valence-electron chi connectivity index (χ4n) is 2.90. The van der Waals surface area contributed by atoms with E-state index in [0.29, 0.717) is 19.4 Å². The highest BCUT2D eigenvalue weighted by atomic mass is 16.2. The molecule has 108 valence electrons. The molecule has 0 saturated heterocycles. The minimum atomic E-state index is -0.913. The van der Waals surface area contributed by atoms with Crippen molar-refractivity contribution >= 4 is 11.6 Å². The van der Waals surface area contributed by atoms with Crippen LogP contribution < -0.4 is 4.90 Å². The molecule has 1 aliphatic rings. The van der Waals surface area contributed by atoms with E-state index in [1.165, 1.54) is 0 Å². The fraction of sp³-hybridized carbons (Fsp3) is 0.471. The number of anilines is 1. The number of hydrogen-bond donors (Lipinski definition) is 0. The number of benzene rings is 1. The second-order valence-electron chi connectivity index (χ2n) is 5.46. The third-order valence-electron chi connectivity index (χ3n) is 4.09. The molecule has 1 aliphatic carbocycles. The standard InChI is InChI=1S/C17H19N3O/c18-12-7-13-20(15-8-3-1-4-9-15)16(21)17(14-19)10-5-2-6-11-17/h1,3-4,8-9H,2,5-7,10-11,13H2. The van der Waals surface area contributed by atoms with Crippen molar-refractivity contribution in [3.63, 3.8) is 0 Å². The molecule has 21 heavy (non-hydrogen) atoms. The number of amides is 1. The SMILES string of the molecule is N#CCCN(C(=O)C1(C#N)CCCCC1)c1ccccc1. The molecule has 1 fully saturated rings. The number of carbonyl (C=O) groups is 1. The molecule has 2 rings (SSSR count). The van der Waals surface area contributed by atoms with Crippen molar-refractivity contribution in [2.75, 3.05) is 11.4 Å². The second-order valence-corrected chi connectivity index (χ2v) is 5.46. The molecule has 0 atom stereocenters. The van der Waals surface area contributed by atoms with Crippen LogP contribution >= 0.6 is 0 Å². The fourth-order valence-corrected chi connectivity index (χ4v) is 2.90. The van der Waals surface area contributed by atoms with Gasteiger partial charge in [0.05, 0.1) is 18.6 Å². The Bertz CT molecular complexity index is 562. The smallest absolute Gasteiger partial charge is 0.247 e. The van der Waals surface area contributed by atoms with Crippen molar-refractivity contribution < 1.29 is 4.79 Å². The van der Waals surface area contributed by atoms with Crippen LogP contribution in [0.15, 0.2) is 30.3 Å². The van der Waals surface area contributed by atoms with Crippen LogP contribution in [-0.4, -0.2) is 12.5 Å². The molecule has 0 aliphatic heterocycles. The zero-order valence-electron chi connectivity index (χ0n) is 12.1. The average molecular weight is 281 g/mol. The van der Waals surface area contributed by atoms with Gasteiger partial charge in [-0.05, 0) is 25.0 Å². The summed E-state index contributed by atoms with van der Waals surface area (Å²) >= 11 is 0. The Labute approximate surface area is 125 Å². The molecular formula is C17H19N3O. The summed E-state index contributed by atoms with van der Waals surface area (Å²) in [7, 11) is 0. The average Bonchev–Trinajstić information content (AvgIpc) is 2.56. The van der Waals surface area contributed by atoms with Gasteiger partial charge in [0.2, 0.25) is 5.91 Å². The molecule has 0 radical (unpaired) electrons. The van der Waals surface area contributed by atoms with E-state index in [1.807, 2.05) is 30.3 Å². The highest BCUT2D eigenvalue weighted by Crippen LogP contribution is 2.38. The Morgan fingerprint density at radius 2 is 1.81 bits per heavy atom. The predicted octanol–water partition coefficient (Wildman–Crippen LogP) is 3.41. The first kappa shape index (κ1) is 15.1. The van der Waals surface area contributed by atoms with Crippen LogP contribution in [0.1, 0.15) is 38.5 Å². The summed E-state index contributed by atoms with van der Waals surface area (Å²) in [6.07, 6.45) is 4.43. The molecule has 0 unspecified atom stereocenters. The molecule has 1 aromatic carbocycles. The second kappa shape index (κ2) is 6.90. The number of hydrogen-bond acceptors (Lipinski definition) is 3. The summed E-state index contributed by atoms with van der Waals surface area (Å²) in [5, 5.41) is 18.4. The molecule has 4 heteroatoms. The van der Waals surface area contributed by atoms with Gasteiger partial charge in [0.25, 0.3) is 0 Å². The lowest BCUT2D eigenvalue weighted by Gasteiger charge is -2.34. The Balaban J connectivity index is 2.30. The maximum Gasteiger partial charge on any atom is 0.247 e. The van der Waals surface area contributed by atoms with E-state index < -0.39 is 5.41 Å². The predicted molar refractivity (Wildman–Crippen MR) is 80.2 cm³/mol. The summed E-state index contributed by atoms with van der Waals surface area (Å²) in [5.74, 6) is -0.147. The summed E-state index contributed by atoms with van der Waals surface area (Å²) in [4.78, 5) is 14.6. The molecular weight excluding hydrogens is 262 g/mol. The summed E-state index contributed by atoms with van der Waals surface area (Å²) in [5.41, 5.74) is -0.151. The molecule has 0 bridgehead atoms. The van der Waals surface area contributed by atoms with E-state index in [2.05, 4.69) is 12.1 Å². The molecule has 0 heterocycles. The van der Waals surface area contributed by atoms with Gasteiger partial charge in [-0.1, -0.05) is 37.5 Å². The van der Waals surface area contributed by atoms with Gasteiger partial charge in [0, 0.05) is 12.2 Å². The van der Waals surface area contributed by atoms with Gasteiger partial charge in [-0.15, -0.1) is 0 Å². The topological polar surface area (TPSA) is 67.9 Å². The zero-order valence-corrected chi connectivity index (χ0v) is 12.1. The lowest BCUT2D eigenvalue weighted by molar-refractivity contribution is -0.126. The first-order valence-corrected chi connectivity index (χ1v) is 7.39. The first-order valence-electron chi connectivity index (χ1n) is 7.39. The lowest BCUT2D eigenvalue weighted by Crippen LogP contribution is -2.45. The maximum absolute atomic E-state index is 13.0. The van der Waals surface area contributed by atoms with Crippen molar-refractivity contribution in [3.05, 3.63) is 30.3 Å². The minimum absolute atomic E-state index is 0.147. The Hall–Kier alpha value is -2.33. The molecule has 1 amide bonds. The first-order chi connectivity index (χ1) is 10.2. The van der Waals surface area contributed by atoms with Gasteiger partial charge in [-0.25, -0.2) is 0 Å². The number of carbonyl (C=O) groups excluding carboxylic acids is 1. The number of para-hydroxylation sites is 1. The van der Waals surface area contributed by atoms with Crippen LogP contribution in [0.2, 0.25) is 0 Å². The van der Waals surface area contributed by atoms with Crippen LogP contribution in [0.5, 0.6) is 0 Å². The highest BCUT2D eigenvalue weighted by molar-refractivity contribution is 5.99. The normalized spacial score (nSPS) is 16.5. The van der Waals surface area contributed by atoms with Crippen molar-refractivity contribution in [2.45, 2.75) is 38.5 Å². The molecule has 4 nitrogen and oxygen atoms in total. The van der Waals surface area contributed by atoms with Crippen LogP contribution in [0.3, 0.4) is 0 Å². The van der Waals surface area contributed by atoms with E-state index in [-0.39, 0.29) is 12.3 Å². The van der Waals surface area contributed by atoms with Gasteiger partial charge in [0.1, 0.15) is 5.41 Å². The maximum atomic E-state index is 13.0. The summed E-state index contributed by atoms with van der Waals surface area (Å²) in [6, 6.07) is 13.7. The van der Waals surface area contributed by atoms with Crippen molar-refractivity contribution in [1.29, 1.82) is 10.5 Å². The van der Waals surface area contributed by atoms with Gasteiger partial charge in [0.15, 0.2) is 0 Å². The van der Waals surface area contributed by atoms with Gasteiger partial charge in [-0.2, -0.15) is 10.5 Å². The van der Waals surface area contributed by atoms with E-state index >= 15 is 0 Å². The third-order valence-corrected chi connectivity index (χ3v) is 4.09. The van der Waals surface area contributed by atoms with Gasteiger partial charge in [-0.3, -0.25) is 4.79 Å². The van der Waals surface area contributed by atoms with Crippen LogP contribution in [-0.2, 0) is 4.79 Å². The summed E-state index contributed by atoms with van der Waals surface area (Å²) < 4.78 is 0. The van der Waals surface area contributed by atoms with Crippen molar-refractivity contribution in [3.8, 4) is 12.1 Å². The largest absolute Gasteiger partial charge is 0.310 e. The molecule has 0 spiro atoms. The molecule has 1 saturated carbocycles. The van der Waals surface area contributed by atoms with E-state index in [1.54, 1.807) is 4.90 Å². The van der Waals surface area contributed by atoms with Gasteiger partial charge < -0.3 is 4.90 Å². The van der Waals surface area contributed by atoms with Crippen LogP contribution in [0.4, 0.5) is 5.69 Å². The quantitative estimate of drug-likeness (QED) is 0.849. The molecule has 1 aromatic rings. The van der Waals surface area contributed by atoms with E-state index in [9.17, 15) is 10.1 Å². The van der Waals surface area contributed by atoms with Gasteiger partial charge >= 0.3 is 0 Å². The van der Waals surface area contributed by atoms with Crippen LogP contribution in [0, 0.1) is 28.1 Å². The minimum Gasteiger partial charge on any atom is -0.310 e. The molecule has 0 aromatic heterocycles. The van der Waals surface area contributed by atoms with Crippen molar-refractivity contribution in [2.24, 2.45) is 5.41 Å². The third kappa shape index (κ3) is 3.23. The number of nitrogens with zero attached hydrogens (tertiary/aromatic N) is 3. The zero-order chi connectivity index (χ0) is 15.1. The monoisotopic (exact) mass is 281 g/mol. The lowest BCUT2D eigenvalue weighted by atomic mass is 9.74. The van der Waals surface area contributed by atoms with Crippen molar-refractivity contribution in [1.82, 2.24) is 0 Å².